The molecule has 0 aliphatic rings. The third-order valence-electron chi connectivity index (χ3n) is 3.04. The summed E-state index contributed by atoms with van der Waals surface area (Å²) < 4.78 is 0. The van der Waals surface area contributed by atoms with Crippen LogP contribution in [0.3, 0.4) is 0 Å². The number of amides is 1. The van der Waals surface area contributed by atoms with Gasteiger partial charge in [0, 0.05) is 5.92 Å². The number of hydrogen-bond donors (Lipinski definition) is 5. The number of hydrogen-bond acceptors (Lipinski definition) is 4. The van der Waals surface area contributed by atoms with E-state index in [-0.39, 0.29) is 24.8 Å². The molecule has 9 heteroatoms. The van der Waals surface area contributed by atoms with Crippen LogP contribution < -0.4 is 16.8 Å². The average molecular weight is 302 g/mol. The quantitative estimate of drug-likeness (QED) is 0.268. The highest BCUT2D eigenvalue weighted by Gasteiger charge is 2.29. The lowest BCUT2D eigenvalue weighted by atomic mass is 9.99. The minimum atomic E-state index is -1.30. The topological polar surface area (TPSA) is 168 Å². The molecule has 1 amide bonds. The molecule has 0 saturated carbocycles. The number of carboxylic acid groups (broad SMARTS) is 2. The van der Waals surface area contributed by atoms with Crippen LogP contribution in [-0.2, 0) is 14.4 Å². The number of guanidine groups is 1. The van der Waals surface area contributed by atoms with Crippen molar-refractivity contribution in [3.63, 3.8) is 0 Å². The van der Waals surface area contributed by atoms with Crippen LogP contribution in [0, 0.1) is 11.8 Å². The number of carbonyl (C=O) groups is 3. The van der Waals surface area contributed by atoms with Crippen molar-refractivity contribution in [3.05, 3.63) is 0 Å². The maximum Gasteiger partial charge on any atom is 0.326 e. The van der Waals surface area contributed by atoms with Gasteiger partial charge in [0.25, 0.3) is 0 Å². The Labute approximate surface area is 122 Å². The molecule has 0 radical (unpaired) electrons. The van der Waals surface area contributed by atoms with Crippen molar-refractivity contribution in [2.45, 2.75) is 32.7 Å². The Morgan fingerprint density at radius 1 is 1.19 bits per heavy atom. The smallest absolute Gasteiger partial charge is 0.326 e. The van der Waals surface area contributed by atoms with Crippen LogP contribution in [0.5, 0.6) is 0 Å². The van der Waals surface area contributed by atoms with E-state index in [1.54, 1.807) is 13.8 Å². The van der Waals surface area contributed by atoms with Gasteiger partial charge in [-0.2, -0.15) is 0 Å². The van der Waals surface area contributed by atoms with Crippen LogP contribution in [-0.4, -0.2) is 46.6 Å². The molecule has 0 rings (SSSR count). The molecule has 0 saturated heterocycles. The van der Waals surface area contributed by atoms with E-state index in [0.717, 1.165) is 0 Å². The lowest BCUT2D eigenvalue weighted by molar-refractivity contribution is -0.145. The normalized spacial score (nSPS) is 14.6. The predicted octanol–water partition coefficient (Wildman–Crippen LogP) is -1.03. The molecule has 120 valence electrons. The first-order valence-corrected chi connectivity index (χ1v) is 6.50. The van der Waals surface area contributed by atoms with Gasteiger partial charge in [0.2, 0.25) is 5.91 Å². The summed E-state index contributed by atoms with van der Waals surface area (Å²) in [5.74, 6) is -4.71. The van der Waals surface area contributed by atoms with Gasteiger partial charge in [0.05, 0.1) is 12.5 Å². The van der Waals surface area contributed by atoms with Gasteiger partial charge in [-0.25, -0.2) is 4.79 Å². The molecule has 9 nitrogen and oxygen atoms in total. The van der Waals surface area contributed by atoms with E-state index in [2.05, 4.69) is 10.3 Å². The van der Waals surface area contributed by atoms with E-state index >= 15 is 0 Å². The van der Waals surface area contributed by atoms with E-state index < -0.39 is 29.8 Å². The van der Waals surface area contributed by atoms with E-state index in [9.17, 15) is 14.4 Å². The molecule has 2 unspecified atom stereocenters. The number of carboxylic acids is 2. The summed E-state index contributed by atoms with van der Waals surface area (Å²) >= 11 is 0. The zero-order valence-corrected chi connectivity index (χ0v) is 12.1. The van der Waals surface area contributed by atoms with Gasteiger partial charge in [-0.15, -0.1) is 0 Å². The molecule has 0 aromatic carbocycles. The zero-order chi connectivity index (χ0) is 16.6. The summed E-state index contributed by atoms with van der Waals surface area (Å²) in [6.45, 7) is 3.20. The van der Waals surface area contributed by atoms with Gasteiger partial charge >= 0.3 is 11.9 Å². The van der Waals surface area contributed by atoms with Crippen molar-refractivity contribution >= 4 is 23.8 Å². The lowest BCUT2D eigenvalue weighted by Crippen LogP contribution is -2.45. The molecule has 0 aliphatic carbocycles. The second-order valence-corrected chi connectivity index (χ2v) is 4.75. The van der Waals surface area contributed by atoms with E-state index in [0.29, 0.717) is 6.42 Å². The molecular formula is C12H22N4O5. The second kappa shape index (κ2) is 8.77. The monoisotopic (exact) mass is 302 g/mol. The highest BCUT2D eigenvalue weighted by molar-refractivity contribution is 5.85. The molecule has 21 heavy (non-hydrogen) atoms. The molecular weight excluding hydrogens is 280 g/mol. The van der Waals surface area contributed by atoms with Crippen molar-refractivity contribution < 1.29 is 24.6 Å². The molecule has 0 fully saturated rings. The van der Waals surface area contributed by atoms with Gasteiger partial charge in [-0.1, -0.05) is 13.8 Å². The fourth-order valence-electron chi connectivity index (χ4n) is 1.47. The van der Waals surface area contributed by atoms with Crippen molar-refractivity contribution in [1.82, 2.24) is 5.32 Å². The molecule has 7 N–H and O–H groups in total. The minimum absolute atomic E-state index is 0.249. The summed E-state index contributed by atoms with van der Waals surface area (Å²) in [5, 5.41) is 20.5. The number of nitrogens with one attached hydrogen (secondary N) is 1. The Morgan fingerprint density at radius 2 is 1.76 bits per heavy atom. The summed E-state index contributed by atoms with van der Waals surface area (Å²) in [5.41, 5.74) is 10.2. The van der Waals surface area contributed by atoms with Crippen molar-refractivity contribution in [2.24, 2.45) is 28.3 Å². The Hall–Kier alpha value is -2.32. The first-order valence-electron chi connectivity index (χ1n) is 6.50. The number of rotatable bonds is 9. The van der Waals surface area contributed by atoms with Crippen LogP contribution in [0.2, 0.25) is 0 Å². The first kappa shape index (κ1) is 18.7. The molecule has 0 aliphatic heterocycles. The van der Waals surface area contributed by atoms with Gasteiger partial charge < -0.3 is 27.0 Å². The average Bonchev–Trinajstić information content (AvgIpc) is 2.39. The molecule has 0 heterocycles. The number of aliphatic carboxylic acids is 2. The molecule has 0 aromatic rings. The van der Waals surface area contributed by atoms with Gasteiger partial charge in [0.15, 0.2) is 5.96 Å². The van der Waals surface area contributed by atoms with E-state index in [4.69, 9.17) is 21.7 Å². The number of carbonyl (C=O) groups excluding carboxylic acids is 1. The summed E-state index contributed by atoms with van der Waals surface area (Å²) in [6, 6.07) is -1.30. The fraction of sp³-hybridized carbons (Fsp3) is 0.667. The van der Waals surface area contributed by atoms with Crippen LogP contribution in [0.25, 0.3) is 0 Å². The molecule has 0 aromatic heterocycles. The molecule has 0 spiro atoms. The predicted molar refractivity (Wildman–Crippen MR) is 75.4 cm³/mol. The van der Waals surface area contributed by atoms with E-state index in [1.165, 1.54) is 0 Å². The van der Waals surface area contributed by atoms with Crippen LogP contribution in [0.4, 0.5) is 0 Å². The third kappa shape index (κ3) is 7.14. The van der Waals surface area contributed by atoms with Crippen molar-refractivity contribution in [2.75, 3.05) is 6.54 Å². The van der Waals surface area contributed by atoms with E-state index in [1.807, 2.05) is 0 Å². The minimum Gasteiger partial charge on any atom is -0.481 e. The maximum absolute atomic E-state index is 11.7. The third-order valence-corrected chi connectivity index (χ3v) is 3.04. The number of nitrogens with two attached hydrogens (primary N) is 2. The lowest BCUT2D eigenvalue weighted by Gasteiger charge is -2.19. The van der Waals surface area contributed by atoms with Crippen LogP contribution in [0.1, 0.15) is 26.7 Å². The number of nitrogens with zero attached hydrogens (tertiary/aromatic N) is 1. The highest BCUT2D eigenvalue weighted by Crippen LogP contribution is 2.10. The zero-order valence-electron chi connectivity index (χ0n) is 12.1. The summed E-state index contributed by atoms with van der Waals surface area (Å²) in [7, 11) is 0. The van der Waals surface area contributed by atoms with Crippen molar-refractivity contribution in [3.8, 4) is 0 Å². The Bertz CT molecular complexity index is 420. The van der Waals surface area contributed by atoms with Crippen LogP contribution >= 0.6 is 0 Å². The summed E-state index contributed by atoms with van der Waals surface area (Å²) in [4.78, 5) is 37.5. The Balaban J connectivity index is 4.87. The summed E-state index contributed by atoms with van der Waals surface area (Å²) in [6.07, 6.45) is 0.248. The first-order chi connectivity index (χ1) is 9.68. The largest absolute Gasteiger partial charge is 0.481 e. The molecule has 3 atom stereocenters. The molecule has 0 bridgehead atoms. The Morgan fingerprint density at radius 3 is 2.14 bits per heavy atom. The Kier molecular flexibility index (Phi) is 7.80. The standard InChI is InChI=1S/C12H22N4O5/c1-3-6(2)9(17)16-8(11(20)21)4-7(10(18)19)5-15-12(13)14/h6-8H,3-5H2,1-2H3,(H,16,17)(H,18,19)(H,20,21)(H4,13,14,15)/t6?,7?,8-/m0/s1. The fourth-order valence-corrected chi connectivity index (χ4v) is 1.47. The SMILES string of the molecule is CCC(C)C(=O)N[C@@H](CC(CN=C(N)N)C(=O)O)C(=O)O. The van der Waals surface area contributed by atoms with Crippen molar-refractivity contribution in [1.29, 1.82) is 0 Å². The number of aliphatic imine (C=N–C) groups is 1. The highest BCUT2D eigenvalue weighted by atomic mass is 16.4. The van der Waals surface area contributed by atoms with Crippen LogP contribution in [0.15, 0.2) is 4.99 Å². The maximum atomic E-state index is 11.7. The van der Waals surface area contributed by atoms with Gasteiger partial charge in [-0.05, 0) is 12.8 Å². The van der Waals surface area contributed by atoms with Gasteiger partial charge in [0.1, 0.15) is 6.04 Å². The van der Waals surface area contributed by atoms with Gasteiger partial charge in [-0.3, -0.25) is 14.6 Å². The second-order valence-electron chi connectivity index (χ2n) is 4.75.